The molecule has 0 radical (unpaired) electrons. The molecule has 2 heterocycles. The van der Waals surface area contributed by atoms with E-state index in [0.717, 1.165) is 29.8 Å². The zero-order valence-electron chi connectivity index (χ0n) is 14.4. The molecule has 0 bridgehead atoms. The van der Waals surface area contributed by atoms with Crippen molar-refractivity contribution in [2.24, 2.45) is 0 Å². The molecule has 2 heteroatoms. The minimum Gasteiger partial charge on any atom is -0.261 e. The van der Waals surface area contributed by atoms with Crippen LogP contribution in [-0.4, -0.2) is 9.97 Å². The minimum absolute atomic E-state index is 0.782. The smallest absolute Gasteiger partial charge is 0.0447 e. The fraction of sp³-hybridized carbons (Fsp3) is 0.238. The van der Waals surface area contributed by atoms with Gasteiger partial charge in [-0.05, 0) is 36.8 Å². The van der Waals surface area contributed by atoms with E-state index in [9.17, 15) is 0 Å². The topological polar surface area (TPSA) is 25.8 Å². The Balaban J connectivity index is 0.00000127. The second-order valence-corrected chi connectivity index (χ2v) is 5.03. The number of aromatic nitrogens is 2. The molecule has 2 nitrogen and oxygen atoms in total. The van der Waals surface area contributed by atoms with Gasteiger partial charge in [-0.25, -0.2) is 0 Å². The van der Waals surface area contributed by atoms with Gasteiger partial charge in [-0.3, -0.25) is 9.97 Å². The lowest BCUT2D eigenvalue weighted by Crippen LogP contribution is -1.90. The van der Waals surface area contributed by atoms with Crippen molar-refractivity contribution < 1.29 is 0 Å². The number of hydrogen-bond donors (Lipinski definition) is 0. The third-order valence-electron chi connectivity index (χ3n) is 3.03. The van der Waals surface area contributed by atoms with Crippen LogP contribution in [0.4, 0.5) is 0 Å². The highest BCUT2D eigenvalue weighted by molar-refractivity contribution is 5.26. The molecule has 0 aliphatic carbocycles. The maximum absolute atomic E-state index is 4.33. The van der Waals surface area contributed by atoms with Crippen LogP contribution in [0.5, 0.6) is 0 Å². The predicted molar refractivity (Wildman–Crippen MR) is 99.3 cm³/mol. The van der Waals surface area contributed by atoms with Crippen molar-refractivity contribution in [2.45, 2.75) is 33.6 Å². The van der Waals surface area contributed by atoms with Crippen LogP contribution in [0.15, 0.2) is 84.7 Å². The van der Waals surface area contributed by atoms with Crippen molar-refractivity contribution in [1.82, 2.24) is 9.97 Å². The second kappa shape index (κ2) is 11.1. The molecule has 0 atom stereocenters. The quantitative estimate of drug-likeness (QED) is 0.673. The Labute approximate surface area is 140 Å². The summed E-state index contributed by atoms with van der Waals surface area (Å²) < 4.78 is 0. The Kier molecular flexibility index (Phi) is 8.99. The lowest BCUT2D eigenvalue weighted by atomic mass is 10.1. The van der Waals surface area contributed by atoms with Crippen LogP contribution < -0.4 is 0 Å². The van der Waals surface area contributed by atoms with Crippen molar-refractivity contribution in [1.29, 1.82) is 0 Å². The molecular weight excluding hydrogens is 280 g/mol. The molecule has 0 saturated carbocycles. The molecule has 0 spiro atoms. The highest BCUT2D eigenvalue weighted by atomic mass is 14.7. The summed E-state index contributed by atoms with van der Waals surface area (Å²) in [6.45, 7) is 10.2. The van der Waals surface area contributed by atoms with Gasteiger partial charge < -0.3 is 0 Å². The van der Waals surface area contributed by atoms with Crippen LogP contribution in [-0.2, 0) is 12.8 Å². The number of pyridine rings is 2. The van der Waals surface area contributed by atoms with E-state index in [1.807, 2.05) is 74.8 Å². The van der Waals surface area contributed by atoms with Crippen LogP contribution >= 0.6 is 0 Å². The number of rotatable bonds is 6. The summed E-state index contributed by atoms with van der Waals surface area (Å²) in [6, 6.07) is 11.9. The molecule has 2 rings (SSSR count). The van der Waals surface area contributed by atoms with Gasteiger partial charge in [0.2, 0.25) is 0 Å². The van der Waals surface area contributed by atoms with Crippen LogP contribution in [0.1, 0.15) is 32.2 Å². The van der Waals surface area contributed by atoms with Gasteiger partial charge >= 0.3 is 0 Å². The van der Waals surface area contributed by atoms with Crippen molar-refractivity contribution in [3.05, 3.63) is 96.1 Å². The summed E-state index contributed by atoms with van der Waals surface area (Å²) in [5.74, 6) is 0. The van der Waals surface area contributed by atoms with Crippen LogP contribution in [0, 0.1) is 0 Å². The van der Waals surface area contributed by atoms with Gasteiger partial charge in [-0.1, -0.05) is 56.4 Å². The van der Waals surface area contributed by atoms with Gasteiger partial charge in [0.25, 0.3) is 0 Å². The molecule has 0 aliphatic heterocycles. The third kappa shape index (κ3) is 7.91. The Hall–Kier alpha value is -2.48. The monoisotopic (exact) mass is 306 g/mol. The van der Waals surface area contributed by atoms with Crippen molar-refractivity contribution >= 4 is 0 Å². The van der Waals surface area contributed by atoms with Crippen molar-refractivity contribution in [2.75, 3.05) is 0 Å². The maximum atomic E-state index is 4.33. The lowest BCUT2D eigenvalue weighted by Gasteiger charge is -2.00. The van der Waals surface area contributed by atoms with E-state index in [2.05, 4.69) is 29.5 Å². The summed E-state index contributed by atoms with van der Waals surface area (Å²) in [5.41, 5.74) is 4.46. The molecule has 2 aromatic rings. The first-order valence-electron chi connectivity index (χ1n) is 8.05. The van der Waals surface area contributed by atoms with E-state index in [-0.39, 0.29) is 0 Å². The average Bonchev–Trinajstić information content (AvgIpc) is 2.58. The fourth-order valence-corrected chi connectivity index (χ4v) is 1.99. The van der Waals surface area contributed by atoms with Crippen molar-refractivity contribution in [3.63, 3.8) is 0 Å². The summed E-state index contributed by atoms with van der Waals surface area (Å²) in [5, 5.41) is 0. The van der Waals surface area contributed by atoms with E-state index in [0.29, 0.717) is 0 Å². The molecule has 0 fully saturated rings. The van der Waals surface area contributed by atoms with Gasteiger partial charge in [-0.2, -0.15) is 0 Å². The first kappa shape index (κ1) is 18.6. The van der Waals surface area contributed by atoms with Crippen LogP contribution in [0.2, 0.25) is 0 Å². The Bertz CT molecular complexity index is 625. The van der Waals surface area contributed by atoms with Gasteiger partial charge in [-0.15, -0.1) is 0 Å². The summed E-state index contributed by atoms with van der Waals surface area (Å²) >= 11 is 0. The van der Waals surface area contributed by atoms with E-state index < -0.39 is 0 Å². The molecule has 0 amide bonds. The van der Waals surface area contributed by atoms with E-state index in [4.69, 9.17) is 0 Å². The predicted octanol–water partition coefficient (Wildman–Crippen LogP) is 5.35. The van der Waals surface area contributed by atoms with Crippen LogP contribution in [0.3, 0.4) is 0 Å². The zero-order valence-corrected chi connectivity index (χ0v) is 14.4. The van der Waals surface area contributed by atoms with E-state index in [1.54, 1.807) is 0 Å². The minimum atomic E-state index is 0.782. The largest absolute Gasteiger partial charge is 0.261 e. The molecule has 120 valence electrons. The zero-order chi connectivity index (χ0) is 16.9. The Morgan fingerprint density at radius 3 is 2.04 bits per heavy atom. The SMILES string of the molecule is C=C(/C=C\C=C(/C)Cc1ccccn1)Cc1ccccn1.CC. The molecule has 0 unspecified atom stereocenters. The average molecular weight is 306 g/mol. The third-order valence-corrected chi connectivity index (χ3v) is 3.03. The summed E-state index contributed by atoms with van der Waals surface area (Å²) in [7, 11) is 0. The first-order chi connectivity index (χ1) is 11.2. The van der Waals surface area contributed by atoms with Gasteiger partial charge in [0.15, 0.2) is 0 Å². The Morgan fingerprint density at radius 2 is 1.52 bits per heavy atom. The number of nitrogens with zero attached hydrogens (tertiary/aromatic N) is 2. The molecule has 0 saturated heterocycles. The van der Waals surface area contributed by atoms with Crippen LogP contribution in [0.25, 0.3) is 0 Å². The van der Waals surface area contributed by atoms with E-state index >= 15 is 0 Å². The van der Waals surface area contributed by atoms with Gasteiger partial charge in [0, 0.05) is 36.6 Å². The summed E-state index contributed by atoms with van der Waals surface area (Å²) in [4.78, 5) is 8.63. The molecule has 0 N–H and O–H groups in total. The first-order valence-corrected chi connectivity index (χ1v) is 8.05. The highest BCUT2D eigenvalue weighted by Gasteiger charge is 1.95. The van der Waals surface area contributed by atoms with Gasteiger partial charge in [0.05, 0.1) is 0 Å². The van der Waals surface area contributed by atoms with Crippen molar-refractivity contribution in [3.8, 4) is 0 Å². The molecule has 23 heavy (non-hydrogen) atoms. The Morgan fingerprint density at radius 1 is 0.957 bits per heavy atom. The highest BCUT2D eigenvalue weighted by Crippen LogP contribution is 2.07. The molecule has 0 aromatic carbocycles. The second-order valence-electron chi connectivity index (χ2n) is 5.03. The fourth-order valence-electron chi connectivity index (χ4n) is 1.99. The number of allylic oxidation sites excluding steroid dienone is 5. The molecule has 2 aromatic heterocycles. The molecular formula is C21H26N2. The number of hydrogen-bond acceptors (Lipinski definition) is 2. The lowest BCUT2D eigenvalue weighted by molar-refractivity contribution is 1.05. The standard InChI is InChI=1S/C19H20N2.C2H6/c1-16(14-18-10-3-5-12-20-18)8-7-9-17(2)15-19-11-4-6-13-21-19;1-2/h3-13H,1,14-15H2,2H3;1-2H3/b8-7-,17-9+;. The summed E-state index contributed by atoms with van der Waals surface area (Å²) in [6.07, 6.45) is 11.5. The maximum Gasteiger partial charge on any atom is 0.0447 e. The van der Waals surface area contributed by atoms with E-state index in [1.165, 1.54) is 5.57 Å². The normalized spacial score (nSPS) is 11.0. The molecule has 0 aliphatic rings. The van der Waals surface area contributed by atoms with Gasteiger partial charge in [0.1, 0.15) is 0 Å².